The van der Waals surface area contributed by atoms with Crippen molar-refractivity contribution in [2.24, 2.45) is 0 Å². The molecule has 1 aliphatic heterocycles. The first-order valence-corrected chi connectivity index (χ1v) is 4.47. The highest BCUT2D eigenvalue weighted by Gasteiger charge is 2.08. The normalized spacial score (nSPS) is 25.3. The third-order valence-electron chi connectivity index (χ3n) is 0.692. The Morgan fingerprint density at radius 2 is 1.86 bits per heavy atom. The van der Waals surface area contributed by atoms with Gasteiger partial charge in [-0.3, -0.25) is 0 Å². The molecular weight excluding hydrogens is 131 g/mol. The van der Waals surface area contributed by atoms with Gasteiger partial charge in [0.25, 0.3) is 0 Å². The van der Waals surface area contributed by atoms with Gasteiger partial charge in [-0.25, -0.2) is 0 Å². The second-order valence-electron chi connectivity index (χ2n) is 1.26. The van der Waals surface area contributed by atoms with Gasteiger partial charge in [0, 0.05) is 0 Å². The molecule has 0 spiro atoms. The van der Waals surface area contributed by atoms with E-state index in [4.69, 9.17) is 9.05 Å². The zero-order valence-corrected chi connectivity index (χ0v) is 5.62. The third kappa shape index (κ3) is 1.96. The van der Waals surface area contributed by atoms with Crippen molar-refractivity contribution in [2.75, 3.05) is 13.2 Å². The van der Waals surface area contributed by atoms with Crippen molar-refractivity contribution in [3.8, 4) is 0 Å². The Hall–Kier alpha value is 0.700. The van der Waals surface area contributed by atoms with Crippen LogP contribution in [0.15, 0.2) is 0 Å². The fraction of sp³-hybridized carbons (Fsp3) is 1.00. The quantitative estimate of drug-likeness (QED) is 0.404. The average molecular weight is 138 g/mol. The molecule has 4 heteroatoms. The van der Waals surface area contributed by atoms with Crippen LogP contribution in [0, 0.1) is 0 Å². The van der Waals surface area contributed by atoms with E-state index in [0.29, 0.717) is 0 Å². The first-order valence-electron chi connectivity index (χ1n) is 2.14. The standard InChI is InChI=1S/C3H7O2PS/c7-6-4-2-1-3-5-6/h7H,1-3H2. The highest BCUT2D eigenvalue weighted by atomic mass is 32.7. The van der Waals surface area contributed by atoms with Gasteiger partial charge in [-0.15, -0.1) is 0 Å². The monoisotopic (exact) mass is 138 g/mol. The molecule has 0 bridgehead atoms. The van der Waals surface area contributed by atoms with Crippen LogP contribution in [-0.2, 0) is 9.05 Å². The van der Waals surface area contributed by atoms with Crippen LogP contribution in [0.5, 0.6) is 0 Å². The third-order valence-corrected chi connectivity index (χ3v) is 2.19. The first kappa shape index (κ1) is 5.83. The summed E-state index contributed by atoms with van der Waals surface area (Å²) in [6, 6.07) is 0. The van der Waals surface area contributed by atoms with E-state index < -0.39 is 7.58 Å². The van der Waals surface area contributed by atoms with Gasteiger partial charge >= 0.3 is 0 Å². The summed E-state index contributed by atoms with van der Waals surface area (Å²) in [4.78, 5) is 0. The fourth-order valence-electron chi connectivity index (χ4n) is 0.381. The number of thiol groups is 1. The molecule has 1 saturated heterocycles. The Bertz CT molecular complexity index is 54.9. The second-order valence-corrected chi connectivity index (χ2v) is 3.23. The van der Waals surface area contributed by atoms with Gasteiger partial charge in [-0.2, -0.15) is 0 Å². The second kappa shape index (κ2) is 2.88. The van der Waals surface area contributed by atoms with E-state index in [9.17, 15) is 0 Å². The van der Waals surface area contributed by atoms with Crippen molar-refractivity contribution in [3.05, 3.63) is 0 Å². The van der Waals surface area contributed by atoms with Crippen LogP contribution >= 0.6 is 19.8 Å². The lowest BCUT2D eigenvalue weighted by atomic mass is 10.5. The van der Waals surface area contributed by atoms with Gasteiger partial charge in [-0.1, -0.05) is 12.2 Å². The molecule has 1 rings (SSSR count). The Labute approximate surface area is 49.3 Å². The highest BCUT2D eigenvalue weighted by Crippen LogP contribution is 2.45. The fourth-order valence-corrected chi connectivity index (χ4v) is 1.52. The smallest absolute Gasteiger partial charge is 0.234 e. The van der Waals surface area contributed by atoms with E-state index in [1.54, 1.807) is 0 Å². The summed E-state index contributed by atoms with van der Waals surface area (Å²) >= 11 is 3.98. The molecule has 0 aromatic rings. The summed E-state index contributed by atoms with van der Waals surface area (Å²) in [5, 5.41) is 0. The van der Waals surface area contributed by atoms with Crippen molar-refractivity contribution in [3.63, 3.8) is 0 Å². The molecule has 7 heavy (non-hydrogen) atoms. The molecule has 42 valence electrons. The first-order chi connectivity index (χ1) is 3.39. The van der Waals surface area contributed by atoms with Crippen LogP contribution in [0.1, 0.15) is 6.42 Å². The van der Waals surface area contributed by atoms with Crippen LogP contribution in [0.4, 0.5) is 0 Å². The molecule has 0 radical (unpaired) electrons. The molecule has 2 nitrogen and oxygen atoms in total. The largest absolute Gasteiger partial charge is 0.326 e. The number of hydrogen-bond acceptors (Lipinski definition) is 3. The summed E-state index contributed by atoms with van der Waals surface area (Å²) < 4.78 is 9.97. The van der Waals surface area contributed by atoms with Crippen molar-refractivity contribution in [1.82, 2.24) is 0 Å². The molecular formula is C3H7O2PS. The predicted octanol–water partition coefficient (Wildman–Crippen LogP) is 1.58. The summed E-state index contributed by atoms with van der Waals surface area (Å²) in [6.45, 7) is 1.63. The minimum atomic E-state index is -0.797. The SMILES string of the molecule is SP1OCCCO1. The van der Waals surface area contributed by atoms with E-state index in [-0.39, 0.29) is 0 Å². The minimum absolute atomic E-state index is 0.797. The van der Waals surface area contributed by atoms with Gasteiger partial charge in [0.1, 0.15) is 0 Å². The van der Waals surface area contributed by atoms with Gasteiger partial charge in [0.15, 0.2) is 0 Å². The predicted molar refractivity (Wildman–Crippen MR) is 32.4 cm³/mol. The highest BCUT2D eigenvalue weighted by molar-refractivity contribution is 8.41. The minimum Gasteiger partial charge on any atom is -0.326 e. The molecule has 0 amide bonds. The van der Waals surface area contributed by atoms with Crippen molar-refractivity contribution in [1.29, 1.82) is 0 Å². The number of hydrogen-bond donors (Lipinski definition) is 1. The van der Waals surface area contributed by atoms with Crippen LogP contribution in [0.3, 0.4) is 0 Å². The molecule has 1 heterocycles. The van der Waals surface area contributed by atoms with Crippen LogP contribution in [0.25, 0.3) is 0 Å². The van der Waals surface area contributed by atoms with Crippen LogP contribution < -0.4 is 0 Å². The summed E-state index contributed by atoms with van der Waals surface area (Å²) in [5.41, 5.74) is 0. The summed E-state index contributed by atoms with van der Waals surface area (Å²) in [6.07, 6.45) is 1.01. The Kier molecular flexibility index (Phi) is 2.40. The lowest BCUT2D eigenvalue weighted by molar-refractivity contribution is 0.193. The van der Waals surface area contributed by atoms with Gasteiger partial charge in [0.05, 0.1) is 13.2 Å². The van der Waals surface area contributed by atoms with E-state index in [2.05, 4.69) is 12.2 Å². The van der Waals surface area contributed by atoms with Crippen LogP contribution in [0.2, 0.25) is 0 Å². The van der Waals surface area contributed by atoms with Crippen molar-refractivity contribution < 1.29 is 9.05 Å². The molecule has 0 aliphatic carbocycles. The maximum Gasteiger partial charge on any atom is 0.234 e. The lowest BCUT2D eigenvalue weighted by Crippen LogP contribution is -2.01. The Morgan fingerprint density at radius 1 is 1.29 bits per heavy atom. The molecule has 1 fully saturated rings. The van der Waals surface area contributed by atoms with Crippen molar-refractivity contribution >= 4 is 19.8 Å². The molecule has 0 aromatic heterocycles. The summed E-state index contributed by atoms with van der Waals surface area (Å²) in [7, 11) is -0.797. The molecule has 0 N–H and O–H groups in total. The van der Waals surface area contributed by atoms with Gasteiger partial charge in [0.2, 0.25) is 7.58 Å². The average Bonchev–Trinajstić information content (AvgIpc) is 1.69. The van der Waals surface area contributed by atoms with Crippen LogP contribution in [-0.4, -0.2) is 13.2 Å². The topological polar surface area (TPSA) is 18.5 Å². The van der Waals surface area contributed by atoms with E-state index in [1.807, 2.05) is 0 Å². The molecule has 0 atom stereocenters. The Morgan fingerprint density at radius 3 is 2.14 bits per heavy atom. The zero-order chi connectivity index (χ0) is 5.11. The maximum atomic E-state index is 4.98. The van der Waals surface area contributed by atoms with Gasteiger partial charge in [-0.05, 0) is 6.42 Å². The molecule has 0 aromatic carbocycles. The van der Waals surface area contributed by atoms with E-state index in [1.165, 1.54) is 0 Å². The zero-order valence-electron chi connectivity index (χ0n) is 3.83. The number of rotatable bonds is 0. The maximum absolute atomic E-state index is 4.98. The Balaban J connectivity index is 2.12. The lowest BCUT2D eigenvalue weighted by Gasteiger charge is -2.15. The molecule has 0 unspecified atom stereocenters. The van der Waals surface area contributed by atoms with E-state index in [0.717, 1.165) is 19.6 Å². The van der Waals surface area contributed by atoms with E-state index >= 15 is 0 Å². The molecule has 0 saturated carbocycles. The summed E-state index contributed by atoms with van der Waals surface area (Å²) in [5.74, 6) is 0. The molecule has 1 aliphatic rings. The van der Waals surface area contributed by atoms with Crippen molar-refractivity contribution in [2.45, 2.75) is 6.42 Å². The van der Waals surface area contributed by atoms with Gasteiger partial charge < -0.3 is 9.05 Å².